The monoisotopic (exact) mass is 665 g/mol. The number of carbonyl (C=O) groups excluding carboxylic acids is 2. The van der Waals surface area contributed by atoms with Gasteiger partial charge in [0.05, 0.1) is 49.1 Å². The number of amides is 1. The van der Waals surface area contributed by atoms with Crippen molar-refractivity contribution in [1.82, 2.24) is 10.3 Å². The molecule has 3 fully saturated rings. The molecule has 1 amide bonds. The van der Waals surface area contributed by atoms with Gasteiger partial charge in [-0.15, -0.1) is 0 Å². The second-order valence-electron chi connectivity index (χ2n) is 14.0. The lowest BCUT2D eigenvalue weighted by Gasteiger charge is -2.37. The van der Waals surface area contributed by atoms with Gasteiger partial charge in [0.25, 0.3) is 5.91 Å². The Morgan fingerprint density at radius 2 is 1.66 bits per heavy atom. The lowest BCUT2D eigenvalue weighted by atomic mass is 9.70. The van der Waals surface area contributed by atoms with E-state index < -0.39 is 21.3 Å². The van der Waals surface area contributed by atoms with Gasteiger partial charge in [0.15, 0.2) is 0 Å². The van der Waals surface area contributed by atoms with E-state index in [4.69, 9.17) is 4.74 Å². The van der Waals surface area contributed by atoms with Crippen molar-refractivity contribution in [3.63, 3.8) is 0 Å². The topological polar surface area (TPSA) is 125 Å². The molecular formula is C36H44FN3O6S. The molecular weight excluding hydrogens is 621 g/mol. The van der Waals surface area contributed by atoms with E-state index in [1.54, 1.807) is 18.3 Å². The standard InChI is InChI=1S/C26H28FN3O2.C10H16O4S/c1-30(16-3-2-4-17-30)18-15-29-26(31)25-19-21(13-14-28-25)20-5-9-23(10-6-20)32-24-11-7-22(27)8-12-24;1-9(2)7-3-4-10(9,8(11)5-7)6-15(12,13)14/h5-14,19H,2-4,15-18H2,1H3;7H,3-6H2,1-2H3,(H,12,13,14). The van der Waals surface area contributed by atoms with Crippen LogP contribution in [0.1, 0.15) is 62.9 Å². The summed E-state index contributed by atoms with van der Waals surface area (Å²) in [6, 6.07) is 17.1. The molecule has 1 saturated heterocycles. The third kappa shape index (κ3) is 8.08. The zero-order valence-electron chi connectivity index (χ0n) is 27.3. The highest BCUT2D eigenvalue weighted by Crippen LogP contribution is 2.64. The minimum atomic E-state index is -4.33. The number of ether oxygens (including phenoxy) is 1. The summed E-state index contributed by atoms with van der Waals surface area (Å²) in [5.74, 6) is 0.501. The molecule has 3 aliphatic rings. The first kappa shape index (κ1) is 34.7. The molecule has 47 heavy (non-hydrogen) atoms. The van der Waals surface area contributed by atoms with Gasteiger partial charge in [-0.25, -0.2) is 12.8 Å². The highest BCUT2D eigenvalue weighted by atomic mass is 32.2. The van der Waals surface area contributed by atoms with E-state index in [-0.39, 0.29) is 28.8 Å². The van der Waals surface area contributed by atoms with Crippen LogP contribution in [-0.2, 0) is 14.9 Å². The van der Waals surface area contributed by atoms with Crippen LogP contribution in [0.2, 0.25) is 0 Å². The Morgan fingerprint density at radius 3 is 2.23 bits per heavy atom. The summed E-state index contributed by atoms with van der Waals surface area (Å²) in [6.45, 7) is 7.80. The number of carbonyl (C=O) groups is 2. The lowest BCUT2D eigenvalue weighted by molar-refractivity contribution is -0.912. The first-order chi connectivity index (χ1) is 22.2. The van der Waals surface area contributed by atoms with E-state index in [0.29, 0.717) is 36.6 Å². The first-order valence-electron chi connectivity index (χ1n) is 16.3. The maximum atomic E-state index is 13.0. The number of ketones is 1. The van der Waals surface area contributed by atoms with Crippen molar-refractivity contribution in [2.75, 3.05) is 39.0 Å². The van der Waals surface area contributed by atoms with Gasteiger partial charge in [0, 0.05) is 18.0 Å². The number of likely N-dealkylation sites (tertiary alicyclic amines) is 1. The van der Waals surface area contributed by atoms with Crippen molar-refractivity contribution < 1.29 is 36.2 Å². The van der Waals surface area contributed by atoms with Crippen LogP contribution in [-0.4, -0.2) is 73.1 Å². The summed E-state index contributed by atoms with van der Waals surface area (Å²) >= 11 is 0. The number of pyridine rings is 1. The van der Waals surface area contributed by atoms with E-state index in [1.807, 2.05) is 50.2 Å². The Bertz CT molecular complexity index is 1690. The zero-order chi connectivity index (χ0) is 33.9. The summed E-state index contributed by atoms with van der Waals surface area (Å²) in [5.41, 5.74) is 1.06. The van der Waals surface area contributed by atoms with Crippen LogP contribution in [0.3, 0.4) is 0 Å². The molecule has 2 aromatic carbocycles. The molecule has 2 bridgehead atoms. The van der Waals surface area contributed by atoms with Gasteiger partial charge in [-0.05, 0) is 103 Å². The molecule has 1 aliphatic heterocycles. The highest BCUT2D eigenvalue weighted by molar-refractivity contribution is 7.85. The number of rotatable bonds is 9. The third-order valence-corrected chi connectivity index (χ3v) is 11.5. The number of aromatic nitrogens is 1. The van der Waals surface area contributed by atoms with Gasteiger partial charge in [-0.3, -0.25) is 14.6 Å². The number of piperidine rings is 1. The maximum Gasteiger partial charge on any atom is 0.270 e. The average molecular weight is 666 g/mol. The normalized spacial score (nSPS) is 22.7. The Labute approximate surface area is 276 Å². The largest absolute Gasteiger partial charge is 0.748 e. The van der Waals surface area contributed by atoms with E-state index in [9.17, 15) is 27.0 Å². The Morgan fingerprint density at radius 1 is 1.02 bits per heavy atom. The SMILES string of the molecule is CC1(C)C2CCC1(CS(=O)(=O)[O-])C(=O)C2.C[N+]1(CCNC(=O)c2cc(-c3ccc(Oc4ccc(F)cc4)cc3)ccn2)CCCCC1. The molecule has 252 valence electrons. The second kappa shape index (κ2) is 13.8. The Balaban J connectivity index is 0.000000241. The number of likely N-dealkylation sites (N-methyl/N-ethyl adjacent to an activating group) is 1. The summed E-state index contributed by atoms with van der Waals surface area (Å²) in [7, 11) is -2.05. The third-order valence-electron chi connectivity index (χ3n) is 10.6. The number of benzene rings is 2. The maximum absolute atomic E-state index is 13.0. The molecule has 6 rings (SSSR count). The number of nitrogens with zero attached hydrogens (tertiary/aromatic N) is 2. The molecule has 2 aliphatic carbocycles. The van der Waals surface area contributed by atoms with Crippen molar-refractivity contribution in [2.24, 2.45) is 16.7 Å². The number of Topliss-reactive ketones (excluding diaryl/α,β-unsaturated/α-hetero) is 1. The molecule has 3 aromatic rings. The zero-order valence-corrected chi connectivity index (χ0v) is 28.2. The molecule has 2 heterocycles. The van der Waals surface area contributed by atoms with E-state index in [1.165, 1.54) is 44.5 Å². The van der Waals surface area contributed by atoms with Crippen molar-refractivity contribution >= 4 is 21.8 Å². The van der Waals surface area contributed by atoms with Gasteiger partial charge in [-0.2, -0.15) is 0 Å². The van der Waals surface area contributed by atoms with E-state index in [2.05, 4.69) is 17.3 Å². The van der Waals surface area contributed by atoms with Gasteiger partial charge < -0.3 is 19.1 Å². The van der Waals surface area contributed by atoms with Gasteiger partial charge in [-0.1, -0.05) is 26.0 Å². The van der Waals surface area contributed by atoms with Crippen LogP contribution in [0.4, 0.5) is 4.39 Å². The van der Waals surface area contributed by atoms with E-state index >= 15 is 0 Å². The molecule has 1 aromatic heterocycles. The Hall–Kier alpha value is -3.67. The molecule has 2 saturated carbocycles. The van der Waals surface area contributed by atoms with Crippen molar-refractivity contribution in [3.05, 3.63) is 78.4 Å². The number of fused-ring (bicyclic) bond motifs is 2. The number of nitrogens with one attached hydrogen (secondary N) is 1. The minimum Gasteiger partial charge on any atom is -0.748 e. The molecule has 2 unspecified atom stereocenters. The number of quaternary nitrogens is 1. The van der Waals surface area contributed by atoms with Crippen LogP contribution in [0.25, 0.3) is 11.1 Å². The van der Waals surface area contributed by atoms with Crippen molar-refractivity contribution in [3.8, 4) is 22.6 Å². The quantitative estimate of drug-likeness (QED) is 0.221. The van der Waals surface area contributed by atoms with Crippen molar-refractivity contribution in [1.29, 1.82) is 0 Å². The number of hydrogen-bond acceptors (Lipinski definition) is 7. The van der Waals surface area contributed by atoms with Gasteiger partial charge >= 0.3 is 0 Å². The van der Waals surface area contributed by atoms with Crippen LogP contribution in [0, 0.1) is 22.6 Å². The summed E-state index contributed by atoms with van der Waals surface area (Å²) in [5, 5.41) is 3.03. The molecule has 0 radical (unpaired) electrons. The molecule has 0 spiro atoms. The van der Waals surface area contributed by atoms with E-state index in [0.717, 1.165) is 28.6 Å². The fraction of sp³-hybridized carbons (Fsp3) is 0.472. The van der Waals surface area contributed by atoms with Crippen LogP contribution in [0.5, 0.6) is 11.5 Å². The molecule has 9 nitrogen and oxygen atoms in total. The molecule has 2 atom stereocenters. The van der Waals surface area contributed by atoms with Crippen LogP contribution >= 0.6 is 0 Å². The van der Waals surface area contributed by atoms with Crippen LogP contribution < -0.4 is 10.1 Å². The van der Waals surface area contributed by atoms with Crippen LogP contribution in [0.15, 0.2) is 66.9 Å². The Kier molecular flexibility index (Phi) is 10.2. The lowest BCUT2D eigenvalue weighted by Crippen LogP contribution is -2.51. The smallest absolute Gasteiger partial charge is 0.270 e. The minimum absolute atomic E-state index is 0.0248. The average Bonchev–Trinajstić information content (AvgIpc) is 3.37. The fourth-order valence-electron chi connectivity index (χ4n) is 7.53. The first-order valence-corrected chi connectivity index (χ1v) is 17.9. The molecule has 11 heteroatoms. The second-order valence-corrected chi connectivity index (χ2v) is 15.4. The number of halogens is 1. The molecule has 1 N–H and O–H groups in total. The summed E-state index contributed by atoms with van der Waals surface area (Å²) in [4.78, 5) is 28.7. The predicted octanol–water partition coefficient (Wildman–Crippen LogP) is 5.97. The number of hydrogen-bond donors (Lipinski definition) is 1. The predicted molar refractivity (Wildman–Crippen MR) is 176 cm³/mol. The summed E-state index contributed by atoms with van der Waals surface area (Å²) in [6.07, 6.45) is 7.38. The summed E-state index contributed by atoms with van der Waals surface area (Å²) < 4.78 is 52.5. The van der Waals surface area contributed by atoms with Gasteiger partial charge in [0.2, 0.25) is 0 Å². The van der Waals surface area contributed by atoms with Gasteiger partial charge in [0.1, 0.15) is 28.8 Å². The highest BCUT2D eigenvalue weighted by Gasteiger charge is 2.64. The fourth-order valence-corrected chi connectivity index (χ4v) is 8.81. The van der Waals surface area contributed by atoms with Crippen molar-refractivity contribution in [2.45, 2.75) is 52.4 Å².